The van der Waals surface area contributed by atoms with Gasteiger partial charge in [0.2, 0.25) is 5.78 Å². The minimum atomic E-state index is 0.399. The molecule has 7 heteroatoms. The fraction of sp³-hybridized carbons (Fsp3) is 0. The van der Waals surface area contributed by atoms with Gasteiger partial charge in [0.1, 0.15) is 0 Å². The first kappa shape index (κ1) is 9.10. The molecule has 0 saturated heterocycles. The van der Waals surface area contributed by atoms with Crippen LogP contribution in [-0.2, 0) is 0 Å². The summed E-state index contributed by atoms with van der Waals surface area (Å²) < 4.78 is 2.27. The van der Waals surface area contributed by atoms with Gasteiger partial charge in [-0.25, -0.2) is 9.97 Å². The number of aromatic amines is 2. The zero-order valence-corrected chi connectivity index (χ0v) is 8.95. The predicted molar refractivity (Wildman–Crippen MR) is 62.4 cm³/mol. The number of rotatable bonds is 1. The summed E-state index contributed by atoms with van der Waals surface area (Å²) in [5, 5.41) is 0. The van der Waals surface area contributed by atoms with Gasteiger partial charge in [-0.15, -0.1) is 0 Å². The number of fused-ring (bicyclic) bond motifs is 1. The van der Waals surface area contributed by atoms with Crippen LogP contribution in [0.3, 0.4) is 0 Å². The zero-order chi connectivity index (χ0) is 11.1. The first-order valence-corrected chi connectivity index (χ1v) is 5.02. The summed E-state index contributed by atoms with van der Waals surface area (Å²) in [6, 6.07) is 0. The molecule has 0 saturated carbocycles. The van der Waals surface area contributed by atoms with Crippen LogP contribution in [0.1, 0.15) is 0 Å². The van der Waals surface area contributed by atoms with Gasteiger partial charge in [-0.1, -0.05) is 0 Å². The van der Waals surface area contributed by atoms with Crippen molar-refractivity contribution in [1.29, 1.82) is 0 Å². The van der Waals surface area contributed by atoms with Gasteiger partial charge in [0.15, 0.2) is 4.77 Å². The van der Waals surface area contributed by atoms with Gasteiger partial charge in [-0.05, 0) is 12.2 Å². The van der Waals surface area contributed by atoms with Crippen LogP contribution < -0.4 is 5.73 Å². The monoisotopic (exact) mass is 232 g/mol. The van der Waals surface area contributed by atoms with E-state index in [4.69, 9.17) is 18.0 Å². The van der Waals surface area contributed by atoms with Crippen molar-refractivity contribution >= 4 is 23.7 Å². The van der Waals surface area contributed by atoms with Crippen LogP contribution in [0.5, 0.6) is 0 Å². The summed E-state index contributed by atoms with van der Waals surface area (Å²) in [4.78, 5) is 14.1. The van der Waals surface area contributed by atoms with Crippen LogP contribution in [0.2, 0.25) is 0 Å². The predicted octanol–water partition coefficient (Wildman–Crippen LogP) is 1.36. The molecule has 4 N–H and O–H groups in total. The Morgan fingerprint density at radius 1 is 1.31 bits per heavy atom. The van der Waals surface area contributed by atoms with Crippen molar-refractivity contribution < 1.29 is 0 Å². The Kier molecular flexibility index (Phi) is 1.80. The third-order valence-corrected chi connectivity index (χ3v) is 2.50. The molecule has 3 aromatic heterocycles. The molecular formula is C9H8N6S. The van der Waals surface area contributed by atoms with Crippen molar-refractivity contribution in [2.24, 2.45) is 0 Å². The largest absolute Gasteiger partial charge is 0.396 e. The SMILES string of the molecule is Nc1cnc(=S)[nH]c1-c1cn2ccnc2[nH]1. The standard InChI is InChI=1S/C9H8N6S/c10-5-3-12-9(16)14-7(5)6-4-15-2-1-11-8(15)13-6/h1-4H,10H2,(H,11,13)(H,12,14,16). The van der Waals surface area contributed by atoms with Crippen LogP contribution in [0.15, 0.2) is 24.8 Å². The van der Waals surface area contributed by atoms with Gasteiger partial charge >= 0.3 is 0 Å². The molecule has 3 heterocycles. The molecular weight excluding hydrogens is 224 g/mol. The van der Waals surface area contributed by atoms with Crippen LogP contribution >= 0.6 is 12.2 Å². The van der Waals surface area contributed by atoms with Crippen LogP contribution in [0, 0.1) is 4.77 Å². The number of anilines is 1. The van der Waals surface area contributed by atoms with E-state index >= 15 is 0 Å². The maximum Gasteiger partial charge on any atom is 0.211 e. The van der Waals surface area contributed by atoms with E-state index in [1.54, 1.807) is 6.20 Å². The van der Waals surface area contributed by atoms with Crippen molar-refractivity contribution in [3.8, 4) is 11.4 Å². The molecule has 0 aliphatic rings. The highest BCUT2D eigenvalue weighted by Crippen LogP contribution is 2.21. The summed E-state index contributed by atoms with van der Waals surface area (Å²) in [5.41, 5.74) is 7.92. The Balaban J connectivity index is 2.26. The van der Waals surface area contributed by atoms with E-state index in [9.17, 15) is 0 Å². The Morgan fingerprint density at radius 2 is 2.19 bits per heavy atom. The van der Waals surface area contributed by atoms with Crippen molar-refractivity contribution in [3.63, 3.8) is 0 Å². The number of nitrogens with zero attached hydrogens (tertiary/aromatic N) is 3. The lowest BCUT2D eigenvalue weighted by Crippen LogP contribution is -1.95. The van der Waals surface area contributed by atoms with Crippen LogP contribution in [0.4, 0.5) is 5.69 Å². The van der Waals surface area contributed by atoms with Gasteiger partial charge in [-0.2, -0.15) is 0 Å². The quantitative estimate of drug-likeness (QED) is 0.553. The molecule has 3 aromatic rings. The number of imidazole rings is 2. The Bertz CT molecular complexity index is 677. The number of hydrogen-bond acceptors (Lipinski definition) is 4. The maximum absolute atomic E-state index is 5.82. The zero-order valence-electron chi connectivity index (χ0n) is 8.14. The topological polar surface area (TPSA) is 87.8 Å². The van der Waals surface area contributed by atoms with E-state index in [2.05, 4.69) is 19.9 Å². The van der Waals surface area contributed by atoms with Crippen LogP contribution in [0.25, 0.3) is 17.2 Å². The van der Waals surface area contributed by atoms with Crippen molar-refractivity contribution in [2.45, 2.75) is 0 Å². The van der Waals surface area contributed by atoms with Gasteiger partial charge in [0.25, 0.3) is 0 Å². The highest BCUT2D eigenvalue weighted by molar-refractivity contribution is 7.71. The van der Waals surface area contributed by atoms with Gasteiger partial charge in [0, 0.05) is 18.6 Å². The summed E-state index contributed by atoms with van der Waals surface area (Å²) >= 11 is 4.96. The molecule has 80 valence electrons. The second-order valence-corrected chi connectivity index (χ2v) is 3.73. The van der Waals surface area contributed by atoms with E-state index in [1.165, 1.54) is 6.20 Å². The molecule has 0 fully saturated rings. The molecule has 0 unspecified atom stereocenters. The first-order valence-electron chi connectivity index (χ1n) is 4.61. The fourth-order valence-electron chi connectivity index (χ4n) is 1.56. The molecule has 3 rings (SSSR count). The number of nitrogens with two attached hydrogens (primary N) is 1. The second-order valence-electron chi connectivity index (χ2n) is 3.34. The minimum absolute atomic E-state index is 0.399. The summed E-state index contributed by atoms with van der Waals surface area (Å²) in [6.45, 7) is 0. The number of nitrogen functional groups attached to an aromatic ring is 1. The van der Waals surface area contributed by atoms with E-state index in [0.717, 1.165) is 17.2 Å². The Hall–Kier alpha value is -2.15. The average Bonchev–Trinajstić information content (AvgIpc) is 2.81. The molecule has 16 heavy (non-hydrogen) atoms. The Morgan fingerprint density at radius 3 is 3.00 bits per heavy atom. The lowest BCUT2D eigenvalue weighted by Gasteiger charge is -2.01. The minimum Gasteiger partial charge on any atom is -0.396 e. The van der Waals surface area contributed by atoms with E-state index in [0.29, 0.717) is 10.5 Å². The van der Waals surface area contributed by atoms with E-state index in [1.807, 2.05) is 16.8 Å². The first-order chi connectivity index (χ1) is 7.74. The number of hydrogen-bond donors (Lipinski definition) is 3. The fourth-order valence-corrected chi connectivity index (χ4v) is 1.71. The lowest BCUT2D eigenvalue weighted by atomic mass is 10.3. The normalized spacial score (nSPS) is 11.0. The van der Waals surface area contributed by atoms with Crippen molar-refractivity contribution in [1.82, 2.24) is 24.3 Å². The molecule has 0 aliphatic carbocycles. The number of aromatic nitrogens is 5. The average molecular weight is 232 g/mol. The third kappa shape index (κ3) is 1.29. The molecule has 0 aromatic carbocycles. The van der Waals surface area contributed by atoms with Crippen LogP contribution in [-0.4, -0.2) is 24.3 Å². The van der Waals surface area contributed by atoms with Crippen molar-refractivity contribution in [3.05, 3.63) is 29.6 Å². The summed E-state index contributed by atoms with van der Waals surface area (Å²) in [6.07, 6.45) is 6.99. The summed E-state index contributed by atoms with van der Waals surface area (Å²) in [5.74, 6) is 0.755. The molecule has 0 radical (unpaired) electrons. The number of nitrogens with one attached hydrogen (secondary N) is 2. The van der Waals surface area contributed by atoms with Gasteiger partial charge in [-0.3, -0.25) is 4.40 Å². The lowest BCUT2D eigenvalue weighted by molar-refractivity contribution is 1.13. The van der Waals surface area contributed by atoms with Crippen molar-refractivity contribution in [2.75, 3.05) is 5.73 Å². The number of H-pyrrole nitrogens is 2. The molecule has 0 spiro atoms. The third-order valence-electron chi connectivity index (χ3n) is 2.29. The highest BCUT2D eigenvalue weighted by Gasteiger charge is 2.07. The highest BCUT2D eigenvalue weighted by atomic mass is 32.1. The molecule has 0 bridgehead atoms. The molecule has 0 aliphatic heterocycles. The smallest absolute Gasteiger partial charge is 0.211 e. The van der Waals surface area contributed by atoms with Gasteiger partial charge in [0.05, 0.1) is 23.3 Å². The molecule has 6 nitrogen and oxygen atoms in total. The maximum atomic E-state index is 5.82. The second kappa shape index (κ2) is 3.17. The van der Waals surface area contributed by atoms with Gasteiger partial charge < -0.3 is 15.7 Å². The van der Waals surface area contributed by atoms with E-state index < -0.39 is 0 Å². The molecule has 0 atom stereocenters. The Labute approximate surface area is 95.2 Å². The summed E-state index contributed by atoms with van der Waals surface area (Å²) in [7, 11) is 0. The van der Waals surface area contributed by atoms with E-state index in [-0.39, 0.29) is 0 Å². The molecule has 0 amide bonds.